The second kappa shape index (κ2) is 9.18. The lowest BCUT2D eigenvalue weighted by Gasteiger charge is -2.24. The van der Waals surface area contributed by atoms with E-state index in [0.717, 1.165) is 24.8 Å². The number of aliphatic hydroxyl groups is 2. The molecule has 0 unspecified atom stereocenters. The highest BCUT2D eigenvalue weighted by Crippen LogP contribution is 2.36. The molecule has 2 aliphatic rings. The lowest BCUT2D eigenvalue weighted by molar-refractivity contribution is -0.141. The molecule has 0 aromatic rings. The molecule has 0 saturated carbocycles. The van der Waals surface area contributed by atoms with Crippen molar-refractivity contribution in [3.05, 3.63) is 11.1 Å². The lowest BCUT2D eigenvalue weighted by atomic mass is 9.85. The summed E-state index contributed by atoms with van der Waals surface area (Å²) in [4.78, 5) is 11.6. The van der Waals surface area contributed by atoms with Crippen LogP contribution in [-0.4, -0.2) is 34.5 Å². The molecule has 2 N–H and O–H groups in total. The van der Waals surface area contributed by atoms with E-state index in [1.807, 2.05) is 0 Å². The van der Waals surface area contributed by atoms with Crippen molar-refractivity contribution in [2.45, 2.75) is 57.3 Å². The predicted octanol–water partition coefficient (Wildman–Crippen LogP) is 1.25. The zero-order valence-corrected chi connectivity index (χ0v) is 14.0. The quantitative estimate of drug-likeness (QED) is 0.765. The third-order valence-corrected chi connectivity index (χ3v) is 3.39. The van der Waals surface area contributed by atoms with E-state index in [0.29, 0.717) is 18.4 Å². The Morgan fingerprint density at radius 3 is 2.47 bits per heavy atom. The summed E-state index contributed by atoms with van der Waals surface area (Å²) in [6.07, 6.45) is 2.02. The van der Waals surface area contributed by atoms with Gasteiger partial charge in [-0.25, -0.2) is 4.79 Å². The van der Waals surface area contributed by atoms with E-state index in [1.165, 1.54) is 0 Å². The molecule has 4 nitrogen and oxygen atoms in total. The van der Waals surface area contributed by atoms with Crippen LogP contribution in [0.1, 0.15) is 39.0 Å². The first-order valence-corrected chi connectivity index (χ1v) is 5.95. The second-order valence-corrected chi connectivity index (χ2v) is 4.53. The summed E-state index contributed by atoms with van der Waals surface area (Å²) in [5, 5.41) is 19.3. The first-order chi connectivity index (χ1) is 7.65. The van der Waals surface area contributed by atoms with Crippen LogP contribution in [-0.2, 0) is 9.53 Å². The van der Waals surface area contributed by atoms with Gasteiger partial charge < -0.3 is 14.9 Å². The smallest absolute Gasteiger partial charge is 0.337 e. The van der Waals surface area contributed by atoms with Crippen LogP contribution < -0.4 is 0 Å². The van der Waals surface area contributed by atoms with Crippen LogP contribution in [0.25, 0.3) is 0 Å². The zero-order chi connectivity index (χ0) is 11.7. The van der Waals surface area contributed by atoms with Crippen LogP contribution in [0, 0.1) is 0 Å². The van der Waals surface area contributed by atoms with Crippen molar-refractivity contribution in [2.24, 2.45) is 0 Å². The first kappa shape index (κ1) is 21.5. The number of hydrogen-bond donors (Lipinski definition) is 2. The Labute approximate surface area is 134 Å². The average Bonchev–Trinajstić information content (AvgIpc) is 2.58. The molecule has 0 fully saturated rings. The summed E-state index contributed by atoms with van der Waals surface area (Å²) < 4.78 is 5.25. The van der Waals surface area contributed by atoms with E-state index in [-0.39, 0.29) is 46.6 Å². The largest absolute Gasteiger partial charge is 0.454 e. The predicted molar refractivity (Wildman–Crippen MR) is 88.8 cm³/mol. The highest BCUT2D eigenvalue weighted by Gasteiger charge is 2.42. The Morgan fingerprint density at radius 2 is 1.89 bits per heavy atom. The number of hydrogen-bond acceptors (Lipinski definition) is 4. The molecular weight excluding hydrogens is 304 g/mol. The van der Waals surface area contributed by atoms with Crippen LogP contribution in [0.5, 0.6) is 0 Å². The second-order valence-electron chi connectivity index (χ2n) is 4.53. The van der Waals surface area contributed by atoms with E-state index >= 15 is 0 Å². The summed E-state index contributed by atoms with van der Waals surface area (Å²) in [5.74, 6) is -0.442. The third kappa shape index (κ3) is 4.32. The van der Waals surface area contributed by atoms with Gasteiger partial charge >= 0.3 is 5.97 Å². The monoisotopic (exact) mass is 328 g/mol. The van der Waals surface area contributed by atoms with Crippen LogP contribution in [0.3, 0.4) is 0 Å². The van der Waals surface area contributed by atoms with Crippen LogP contribution >= 0.6 is 40.5 Å². The number of unbranched alkanes of at least 4 members (excludes halogenated alkanes) is 1. The minimum atomic E-state index is -1.05. The zero-order valence-electron chi connectivity index (χ0n) is 11.0. The van der Waals surface area contributed by atoms with E-state index in [2.05, 4.69) is 6.92 Å². The molecule has 0 bridgehead atoms. The number of carbonyl (C=O) groups excluding carboxylic acids is 1. The fraction of sp³-hybridized carbons (Fsp3) is 0.750. The summed E-state index contributed by atoms with van der Waals surface area (Å²) in [7, 11) is 0. The Bertz CT molecular complexity index is 333. The Balaban J connectivity index is 0. The normalized spacial score (nSPS) is 28.6. The van der Waals surface area contributed by atoms with Crippen molar-refractivity contribution in [3.63, 3.8) is 0 Å². The minimum Gasteiger partial charge on any atom is -0.454 e. The Morgan fingerprint density at radius 1 is 1.26 bits per heavy atom. The van der Waals surface area contributed by atoms with Gasteiger partial charge in [0.2, 0.25) is 0 Å². The maximum Gasteiger partial charge on any atom is 0.337 e. The topological polar surface area (TPSA) is 66.8 Å². The Hall–Kier alpha value is 0.180. The number of cyclic esters (lactones) is 1. The molecule has 0 saturated heterocycles. The van der Waals surface area contributed by atoms with Gasteiger partial charge in [0.15, 0.2) is 0 Å². The summed E-state index contributed by atoms with van der Waals surface area (Å²) >= 11 is 0. The maximum absolute atomic E-state index is 11.6. The van der Waals surface area contributed by atoms with E-state index in [9.17, 15) is 15.0 Å². The first-order valence-electron chi connectivity index (χ1n) is 5.95. The maximum atomic E-state index is 11.6. The highest BCUT2D eigenvalue weighted by molar-refractivity contribution is 7.59. The molecule has 0 spiro atoms. The summed E-state index contributed by atoms with van der Waals surface area (Å²) in [5.41, 5.74) is 1.23. The van der Waals surface area contributed by atoms with Crippen molar-refractivity contribution in [1.29, 1.82) is 0 Å². The van der Waals surface area contributed by atoms with Gasteiger partial charge in [0, 0.05) is 0 Å². The van der Waals surface area contributed by atoms with Gasteiger partial charge in [-0.2, -0.15) is 40.5 Å². The molecule has 2 rings (SSSR count). The van der Waals surface area contributed by atoms with Gasteiger partial charge in [-0.3, -0.25) is 0 Å². The molecule has 0 amide bonds. The lowest BCUT2D eigenvalue weighted by Crippen LogP contribution is -2.33. The van der Waals surface area contributed by atoms with E-state index in [1.54, 1.807) is 0 Å². The van der Waals surface area contributed by atoms with Crippen LogP contribution in [0.15, 0.2) is 11.1 Å². The van der Waals surface area contributed by atoms with Gasteiger partial charge in [-0.1, -0.05) is 13.3 Å². The summed E-state index contributed by atoms with van der Waals surface area (Å²) in [6, 6.07) is 0. The van der Waals surface area contributed by atoms with Gasteiger partial charge in [0.05, 0.1) is 11.7 Å². The van der Waals surface area contributed by atoms with Crippen molar-refractivity contribution in [1.82, 2.24) is 0 Å². The van der Waals surface area contributed by atoms with Gasteiger partial charge in [0.25, 0.3) is 0 Å². The number of aliphatic hydroxyl groups excluding tert-OH is 2. The summed E-state index contributed by atoms with van der Waals surface area (Å²) in [6.45, 7) is 2.09. The van der Waals surface area contributed by atoms with Crippen molar-refractivity contribution in [2.75, 3.05) is 0 Å². The molecular formula is C12H24O4S3. The van der Waals surface area contributed by atoms with E-state index < -0.39 is 18.2 Å². The van der Waals surface area contributed by atoms with Crippen LogP contribution in [0.2, 0.25) is 0 Å². The number of rotatable bonds is 3. The van der Waals surface area contributed by atoms with Crippen molar-refractivity contribution < 1.29 is 19.7 Å². The molecule has 1 aliphatic heterocycles. The average molecular weight is 329 g/mol. The molecule has 0 aromatic heterocycles. The highest BCUT2D eigenvalue weighted by atomic mass is 32.1. The number of carbonyl (C=O) groups is 1. The van der Waals surface area contributed by atoms with E-state index in [4.69, 9.17) is 4.74 Å². The molecule has 114 valence electrons. The fourth-order valence-electron chi connectivity index (χ4n) is 2.45. The Kier molecular flexibility index (Phi) is 10.4. The van der Waals surface area contributed by atoms with Gasteiger partial charge in [-0.05, 0) is 31.3 Å². The minimum absolute atomic E-state index is 0. The standard InChI is InChI=1S/C12H18O4.3H2S/c1-2-3-4-9-7-5-6-8(13)11(14)10(7)12(15)16-9;;;/h8-9,11,13-14H,2-6H2,1H3;3*1H2/t8-,9-,11+;;;/m0.../s1. The molecule has 0 radical (unpaired) electrons. The van der Waals surface area contributed by atoms with Crippen LogP contribution in [0.4, 0.5) is 0 Å². The van der Waals surface area contributed by atoms with Crippen molar-refractivity contribution >= 4 is 46.5 Å². The molecule has 7 heteroatoms. The number of ether oxygens (including phenoxy) is 1. The third-order valence-electron chi connectivity index (χ3n) is 3.39. The molecule has 0 aromatic carbocycles. The molecule has 19 heavy (non-hydrogen) atoms. The van der Waals surface area contributed by atoms with Gasteiger partial charge in [-0.15, -0.1) is 0 Å². The number of esters is 1. The molecule has 1 heterocycles. The fourth-order valence-corrected chi connectivity index (χ4v) is 2.45. The van der Waals surface area contributed by atoms with Crippen molar-refractivity contribution in [3.8, 4) is 0 Å². The van der Waals surface area contributed by atoms with Gasteiger partial charge in [0.1, 0.15) is 12.2 Å². The SMILES string of the molecule is CCCC[C@@H]1OC(=O)C2=C1CC[C@H](O)[C@H]2O.S.S.S. The molecule has 1 aliphatic carbocycles. The molecule has 3 atom stereocenters.